The smallest absolute Gasteiger partial charge is 0.254 e. The van der Waals surface area contributed by atoms with E-state index >= 15 is 0 Å². The first-order chi connectivity index (χ1) is 15.2. The van der Waals surface area contributed by atoms with E-state index < -0.39 is 0 Å². The Hall–Kier alpha value is -2.82. The molecule has 4 rings (SSSR count). The summed E-state index contributed by atoms with van der Waals surface area (Å²) in [7, 11) is 0. The lowest BCUT2D eigenvalue weighted by atomic mass is 9.65. The third-order valence-corrected chi connectivity index (χ3v) is 6.71. The van der Waals surface area contributed by atoms with Crippen LogP contribution < -0.4 is 10.1 Å². The fraction of sp³-hybridized carbons (Fsp3) is 0.481. The minimum atomic E-state index is -0.0544. The lowest BCUT2D eigenvalue weighted by Gasteiger charge is -2.39. The molecule has 1 saturated heterocycles. The number of carbonyl (C=O) groups is 2. The second-order valence-corrected chi connectivity index (χ2v) is 10.5. The summed E-state index contributed by atoms with van der Waals surface area (Å²) in [6.45, 7) is 8.60. The van der Waals surface area contributed by atoms with Crippen LogP contribution in [0.5, 0.6) is 5.75 Å². The molecule has 2 aromatic rings. The SMILES string of the molecule is CC1(C)CC2CC(C)(CN2C(=O)c2ccc(CNC(=O)CCOc3ccccc3)cc2)C1. The topological polar surface area (TPSA) is 58.6 Å². The lowest BCUT2D eigenvalue weighted by Crippen LogP contribution is -2.37. The van der Waals surface area contributed by atoms with Crippen molar-refractivity contribution in [2.45, 2.75) is 59.0 Å². The van der Waals surface area contributed by atoms with E-state index in [0.717, 1.165) is 36.3 Å². The quantitative estimate of drug-likeness (QED) is 0.680. The maximum absolute atomic E-state index is 13.2. The summed E-state index contributed by atoms with van der Waals surface area (Å²) >= 11 is 0. The van der Waals surface area contributed by atoms with Crippen LogP contribution >= 0.6 is 0 Å². The molecule has 32 heavy (non-hydrogen) atoms. The molecule has 5 nitrogen and oxygen atoms in total. The molecule has 2 atom stereocenters. The van der Waals surface area contributed by atoms with Crippen molar-refractivity contribution in [2.75, 3.05) is 13.2 Å². The summed E-state index contributed by atoms with van der Waals surface area (Å²) in [6, 6.07) is 17.5. The van der Waals surface area contributed by atoms with Crippen molar-refractivity contribution < 1.29 is 14.3 Å². The summed E-state index contributed by atoms with van der Waals surface area (Å²) < 4.78 is 5.57. The van der Waals surface area contributed by atoms with Gasteiger partial charge in [-0.05, 0) is 59.9 Å². The molecule has 5 heteroatoms. The maximum atomic E-state index is 13.2. The highest BCUT2D eigenvalue weighted by Gasteiger charge is 2.50. The monoisotopic (exact) mass is 434 g/mol. The van der Waals surface area contributed by atoms with Gasteiger partial charge in [-0.25, -0.2) is 0 Å². The third kappa shape index (κ3) is 5.32. The van der Waals surface area contributed by atoms with Gasteiger partial charge in [-0.2, -0.15) is 0 Å². The van der Waals surface area contributed by atoms with E-state index in [2.05, 4.69) is 31.0 Å². The number of nitrogens with zero attached hydrogens (tertiary/aromatic N) is 1. The highest BCUT2D eigenvalue weighted by atomic mass is 16.5. The standard InChI is InChI=1S/C27H34N2O3/c1-26(2)15-22-16-27(3,18-26)19-29(22)25(31)21-11-9-20(10-12-21)17-28-24(30)13-14-32-23-7-5-4-6-8-23/h4-12,22H,13-19H2,1-3H3,(H,28,30). The van der Waals surface area contributed by atoms with Crippen LogP contribution in [-0.2, 0) is 11.3 Å². The van der Waals surface area contributed by atoms with E-state index in [1.54, 1.807) is 0 Å². The minimum Gasteiger partial charge on any atom is -0.493 e. The molecule has 2 fully saturated rings. The molecule has 170 valence electrons. The van der Waals surface area contributed by atoms with E-state index in [4.69, 9.17) is 4.74 Å². The number of para-hydroxylation sites is 1. The van der Waals surface area contributed by atoms with Crippen LogP contribution in [0.2, 0.25) is 0 Å². The zero-order chi connectivity index (χ0) is 22.8. The number of amides is 2. The number of ether oxygens (including phenoxy) is 1. The van der Waals surface area contributed by atoms with E-state index in [0.29, 0.717) is 31.0 Å². The van der Waals surface area contributed by atoms with Crippen molar-refractivity contribution in [3.05, 3.63) is 65.7 Å². The number of carbonyl (C=O) groups excluding carboxylic acids is 2. The van der Waals surface area contributed by atoms with Gasteiger partial charge in [0.25, 0.3) is 5.91 Å². The van der Waals surface area contributed by atoms with Crippen LogP contribution in [0.3, 0.4) is 0 Å². The molecule has 1 N–H and O–H groups in total. The lowest BCUT2D eigenvalue weighted by molar-refractivity contribution is -0.121. The van der Waals surface area contributed by atoms with Gasteiger partial charge in [-0.15, -0.1) is 0 Å². The van der Waals surface area contributed by atoms with Crippen LogP contribution in [0.1, 0.15) is 62.4 Å². The second-order valence-electron chi connectivity index (χ2n) is 10.5. The Morgan fingerprint density at radius 2 is 1.75 bits per heavy atom. The van der Waals surface area contributed by atoms with E-state index in [1.807, 2.05) is 54.6 Å². The third-order valence-electron chi connectivity index (χ3n) is 6.71. The highest BCUT2D eigenvalue weighted by Crippen LogP contribution is 2.52. The molecule has 1 saturated carbocycles. The van der Waals surface area contributed by atoms with E-state index in [-0.39, 0.29) is 17.2 Å². The molecule has 1 aliphatic carbocycles. The fourth-order valence-electron chi connectivity index (χ4n) is 5.70. The van der Waals surface area contributed by atoms with Crippen LogP contribution in [0.25, 0.3) is 0 Å². The van der Waals surface area contributed by atoms with Crippen molar-refractivity contribution in [3.63, 3.8) is 0 Å². The number of likely N-dealkylation sites (tertiary alicyclic amines) is 1. The summed E-state index contributed by atoms with van der Waals surface area (Å²) in [5.74, 6) is 0.839. The molecular formula is C27H34N2O3. The van der Waals surface area contributed by atoms with Gasteiger partial charge < -0.3 is 15.0 Å². The summed E-state index contributed by atoms with van der Waals surface area (Å²) in [6.07, 6.45) is 3.67. The van der Waals surface area contributed by atoms with Gasteiger partial charge in [0.05, 0.1) is 13.0 Å². The number of hydrogen-bond donors (Lipinski definition) is 1. The van der Waals surface area contributed by atoms with Gasteiger partial charge in [0, 0.05) is 24.7 Å². The van der Waals surface area contributed by atoms with Crippen molar-refractivity contribution in [2.24, 2.45) is 10.8 Å². The van der Waals surface area contributed by atoms with Crippen molar-refractivity contribution in [3.8, 4) is 5.75 Å². The number of rotatable bonds is 7. The van der Waals surface area contributed by atoms with Crippen LogP contribution in [-0.4, -0.2) is 35.9 Å². The van der Waals surface area contributed by atoms with Gasteiger partial charge in [0.1, 0.15) is 5.75 Å². The zero-order valence-electron chi connectivity index (χ0n) is 19.4. The molecule has 2 bridgehead atoms. The normalized spacial score (nSPS) is 23.6. The average molecular weight is 435 g/mol. The van der Waals surface area contributed by atoms with Crippen LogP contribution in [0.4, 0.5) is 0 Å². The molecule has 2 unspecified atom stereocenters. The fourth-order valence-corrected chi connectivity index (χ4v) is 5.70. The molecule has 2 aliphatic rings. The van der Waals surface area contributed by atoms with Gasteiger partial charge in [0.15, 0.2) is 0 Å². The maximum Gasteiger partial charge on any atom is 0.254 e. The Kier molecular flexibility index (Phi) is 6.27. The molecule has 1 aliphatic heterocycles. The number of fused-ring (bicyclic) bond motifs is 2. The molecule has 0 aromatic heterocycles. The average Bonchev–Trinajstić information content (AvgIpc) is 3.01. The van der Waals surface area contributed by atoms with E-state index in [1.165, 1.54) is 6.42 Å². The Morgan fingerprint density at radius 1 is 1.03 bits per heavy atom. The second kappa shape index (κ2) is 8.97. The molecule has 1 heterocycles. The molecule has 0 spiro atoms. The summed E-state index contributed by atoms with van der Waals surface area (Å²) in [5.41, 5.74) is 2.23. The number of nitrogens with one attached hydrogen (secondary N) is 1. The Morgan fingerprint density at radius 3 is 2.47 bits per heavy atom. The molecule has 2 aromatic carbocycles. The molecule has 2 amide bonds. The van der Waals surface area contributed by atoms with Crippen LogP contribution in [0.15, 0.2) is 54.6 Å². The number of benzene rings is 2. The Balaban J connectivity index is 1.26. The van der Waals surface area contributed by atoms with Gasteiger partial charge in [-0.3, -0.25) is 9.59 Å². The molecular weight excluding hydrogens is 400 g/mol. The predicted octanol–water partition coefficient (Wildman–Crippen LogP) is 4.81. The van der Waals surface area contributed by atoms with E-state index in [9.17, 15) is 9.59 Å². The molecule has 0 radical (unpaired) electrons. The minimum absolute atomic E-state index is 0.0544. The predicted molar refractivity (Wildman–Crippen MR) is 125 cm³/mol. The van der Waals surface area contributed by atoms with Crippen LogP contribution in [0, 0.1) is 10.8 Å². The van der Waals surface area contributed by atoms with Gasteiger partial charge in [-0.1, -0.05) is 51.1 Å². The summed E-state index contributed by atoms with van der Waals surface area (Å²) in [4.78, 5) is 27.4. The van der Waals surface area contributed by atoms with Gasteiger partial charge in [0.2, 0.25) is 5.91 Å². The van der Waals surface area contributed by atoms with Crippen molar-refractivity contribution in [1.82, 2.24) is 10.2 Å². The first-order valence-electron chi connectivity index (χ1n) is 11.6. The highest BCUT2D eigenvalue weighted by molar-refractivity contribution is 5.94. The zero-order valence-corrected chi connectivity index (χ0v) is 19.4. The van der Waals surface area contributed by atoms with Crippen molar-refractivity contribution in [1.29, 1.82) is 0 Å². The Labute approximate surface area is 191 Å². The Bertz CT molecular complexity index is 955. The number of hydrogen-bond acceptors (Lipinski definition) is 3. The first-order valence-corrected chi connectivity index (χ1v) is 11.6. The first kappa shape index (κ1) is 22.4. The summed E-state index contributed by atoms with van der Waals surface area (Å²) in [5, 5.41) is 2.92. The largest absolute Gasteiger partial charge is 0.493 e. The van der Waals surface area contributed by atoms with Crippen molar-refractivity contribution >= 4 is 11.8 Å². The van der Waals surface area contributed by atoms with Gasteiger partial charge >= 0.3 is 0 Å².